The number of nitrogens with zero attached hydrogens (tertiary/aromatic N) is 3. The molecule has 0 saturated heterocycles. The average Bonchev–Trinajstić information content (AvgIpc) is 3.58. The van der Waals surface area contributed by atoms with Crippen molar-refractivity contribution in [3.63, 3.8) is 0 Å². The summed E-state index contributed by atoms with van der Waals surface area (Å²) in [6.45, 7) is 3.14. The van der Waals surface area contributed by atoms with Gasteiger partial charge in [0, 0.05) is 24.0 Å². The standard InChI is InChI=1S/C28H35N7O/c1-2-3-18-6-8-20(9-7-18)21-10-12-22(13-11-21)25-16-23(26(28(36)31-25)27(29)32-34-30)24-14-15-35(33-24)17-19-4-5-19/h8,10-16,18-19,34H,2-7,9,17,30H2,1H3,(H2,29,32)(H,31,36). The van der Waals surface area contributed by atoms with Crippen molar-refractivity contribution >= 4 is 11.4 Å². The van der Waals surface area contributed by atoms with Gasteiger partial charge >= 0.3 is 0 Å². The molecule has 1 aromatic carbocycles. The molecule has 0 bridgehead atoms. The number of rotatable bonds is 9. The number of hydrogen-bond acceptors (Lipinski definition) is 5. The molecule has 36 heavy (non-hydrogen) atoms. The number of allylic oxidation sites excluding steroid dienone is 2. The first-order chi connectivity index (χ1) is 17.6. The Bertz CT molecular complexity index is 1330. The molecule has 1 fully saturated rings. The molecule has 1 atom stereocenters. The molecule has 5 rings (SSSR count). The first-order valence-electron chi connectivity index (χ1n) is 13.0. The Hall–Kier alpha value is -3.65. The average molecular weight is 486 g/mol. The van der Waals surface area contributed by atoms with Crippen molar-refractivity contribution in [2.45, 2.75) is 58.4 Å². The van der Waals surface area contributed by atoms with Gasteiger partial charge in [-0.1, -0.05) is 50.1 Å². The van der Waals surface area contributed by atoms with Gasteiger partial charge in [-0.2, -0.15) is 5.10 Å². The summed E-state index contributed by atoms with van der Waals surface area (Å²) in [4.78, 5) is 16.2. The summed E-state index contributed by atoms with van der Waals surface area (Å²) in [7, 11) is 0. The fourth-order valence-electron chi connectivity index (χ4n) is 5.15. The van der Waals surface area contributed by atoms with Crippen LogP contribution in [0.25, 0.3) is 28.1 Å². The fraction of sp³-hybridized carbons (Fsp3) is 0.393. The highest BCUT2D eigenvalue weighted by molar-refractivity contribution is 6.03. The molecule has 8 heteroatoms. The summed E-state index contributed by atoms with van der Waals surface area (Å²) in [6, 6.07) is 12.3. The zero-order valence-corrected chi connectivity index (χ0v) is 20.8. The second kappa shape index (κ2) is 10.5. The van der Waals surface area contributed by atoms with Crippen LogP contribution in [0.3, 0.4) is 0 Å². The molecule has 188 valence electrons. The number of amidine groups is 1. The van der Waals surface area contributed by atoms with Crippen molar-refractivity contribution in [1.29, 1.82) is 0 Å². The number of nitrogens with two attached hydrogens (primary N) is 2. The molecule has 6 N–H and O–H groups in total. The van der Waals surface area contributed by atoms with Gasteiger partial charge in [0.2, 0.25) is 0 Å². The van der Waals surface area contributed by atoms with Crippen molar-refractivity contribution in [1.82, 2.24) is 20.3 Å². The van der Waals surface area contributed by atoms with E-state index in [-0.39, 0.29) is 17.0 Å². The third-order valence-electron chi connectivity index (χ3n) is 7.32. The molecule has 8 nitrogen and oxygen atoms in total. The van der Waals surface area contributed by atoms with Gasteiger partial charge in [-0.25, -0.2) is 11.4 Å². The molecule has 0 spiro atoms. The molecule has 1 saturated carbocycles. The number of hydrogen-bond donors (Lipinski definition) is 4. The maximum Gasteiger partial charge on any atom is 0.260 e. The highest BCUT2D eigenvalue weighted by Gasteiger charge is 2.23. The summed E-state index contributed by atoms with van der Waals surface area (Å²) >= 11 is 0. The molecule has 2 aliphatic carbocycles. The van der Waals surface area contributed by atoms with Crippen LogP contribution in [-0.2, 0) is 6.54 Å². The Labute approximate surface area is 211 Å². The van der Waals surface area contributed by atoms with Gasteiger partial charge in [0.25, 0.3) is 5.56 Å². The van der Waals surface area contributed by atoms with Crippen molar-refractivity contribution in [3.05, 3.63) is 70.2 Å². The molecule has 2 heterocycles. The first kappa shape index (κ1) is 24.1. The first-order valence-corrected chi connectivity index (χ1v) is 13.0. The minimum absolute atomic E-state index is 0.0120. The van der Waals surface area contributed by atoms with Gasteiger partial charge < -0.3 is 10.7 Å². The highest BCUT2D eigenvalue weighted by atomic mass is 16.1. The number of aromatic amines is 1. The van der Waals surface area contributed by atoms with Gasteiger partial charge in [0.05, 0.1) is 11.3 Å². The predicted molar refractivity (Wildman–Crippen MR) is 145 cm³/mol. The minimum Gasteiger partial charge on any atom is -0.382 e. The monoisotopic (exact) mass is 485 g/mol. The predicted octanol–water partition coefficient (Wildman–Crippen LogP) is 4.38. The molecule has 0 amide bonds. The zero-order valence-electron chi connectivity index (χ0n) is 20.8. The van der Waals surface area contributed by atoms with Crippen LogP contribution in [0.5, 0.6) is 0 Å². The van der Waals surface area contributed by atoms with Gasteiger partial charge in [0.1, 0.15) is 0 Å². The number of nitrogens with one attached hydrogen (secondary N) is 2. The highest BCUT2D eigenvalue weighted by Crippen LogP contribution is 2.34. The number of aromatic nitrogens is 3. The normalized spacial score (nSPS) is 18.2. The van der Waals surface area contributed by atoms with Gasteiger partial charge in [-0.15, -0.1) is 5.10 Å². The topological polar surface area (TPSA) is 127 Å². The van der Waals surface area contributed by atoms with Crippen LogP contribution in [-0.4, -0.2) is 20.6 Å². The van der Waals surface area contributed by atoms with Crippen molar-refractivity contribution in [3.8, 4) is 22.5 Å². The second-order valence-corrected chi connectivity index (χ2v) is 10.0. The van der Waals surface area contributed by atoms with E-state index in [1.165, 1.54) is 43.2 Å². The van der Waals surface area contributed by atoms with Crippen molar-refractivity contribution in [2.24, 2.45) is 28.5 Å². The van der Waals surface area contributed by atoms with Crippen LogP contribution in [0.2, 0.25) is 0 Å². The van der Waals surface area contributed by atoms with Crippen LogP contribution in [0, 0.1) is 11.8 Å². The van der Waals surface area contributed by atoms with Crippen LogP contribution in [0.15, 0.2) is 58.6 Å². The molecule has 2 aliphatic rings. The smallest absolute Gasteiger partial charge is 0.260 e. The van der Waals surface area contributed by atoms with Gasteiger partial charge in [0.15, 0.2) is 5.84 Å². The molecular formula is C28H35N7O. The lowest BCUT2D eigenvalue weighted by atomic mass is 9.84. The summed E-state index contributed by atoms with van der Waals surface area (Å²) in [6.07, 6.45) is 12.9. The Morgan fingerprint density at radius 1 is 1.17 bits per heavy atom. The Morgan fingerprint density at radius 3 is 2.61 bits per heavy atom. The Kier molecular flexibility index (Phi) is 7.04. The molecule has 0 radical (unpaired) electrons. The van der Waals surface area contributed by atoms with Gasteiger partial charge in [-0.3, -0.25) is 9.48 Å². The largest absolute Gasteiger partial charge is 0.382 e. The number of hydrazine groups is 1. The number of pyridine rings is 1. The van der Waals surface area contributed by atoms with E-state index in [2.05, 4.69) is 52.9 Å². The van der Waals surface area contributed by atoms with E-state index in [1.807, 2.05) is 23.0 Å². The summed E-state index contributed by atoms with van der Waals surface area (Å²) in [5.74, 6) is 6.86. The third-order valence-corrected chi connectivity index (χ3v) is 7.32. The third kappa shape index (κ3) is 5.28. The van der Waals surface area contributed by atoms with Crippen molar-refractivity contribution in [2.75, 3.05) is 0 Å². The maximum absolute atomic E-state index is 13.2. The van der Waals surface area contributed by atoms with Gasteiger partial charge in [-0.05, 0) is 72.8 Å². The lowest BCUT2D eigenvalue weighted by Gasteiger charge is -2.21. The molecule has 0 aliphatic heterocycles. The fourth-order valence-corrected chi connectivity index (χ4v) is 5.15. The molecule has 1 unspecified atom stereocenters. The quantitative estimate of drug-likeness (QED) is 0.155. The van der Waals surface area contributed by atoms with E-state index in [9.17, 15) is 4.79 Å². The summed E-state index contributed by atoms with van der Waals surface area (Å²) < 4.78 is 1.93. The van der Waals surface area contributed by atoms with Crippen LogP contribution < -0.4 is 22.7 Å². The molecular weight excluding hydrogens is 450 g/mol. The van der Waals surface area contributed by atoms with Crippen LogP contribution in [0.1, 0.15) is 63.0 Å². The van der Waals surface area contributed by atoms with E-state index in [0.29, 0.717) is 22.9 Å². The van der Waals surface area contributed by atoms with E-state index >= 15 is 0 Å². The Balaban J connectivity index is 1.47. The Morgan fingerprint density at radius 2 is 1.94 bits per heavy atom. The van der Waals surface area contributed by atoms with E-state index in [4.69, 9.17) is 16.7 Å². The van der Waals surface area contributed by atoms with E-state index in [1.54, 1.807) is 0 Å². The SMILES string of the molecule is CCCC1CC=C(c2ccc(-c3cc(-c4ccn(CC5CC5)n4)c(/C(N)=N/NN)c(=O)[nH]3)cc2)CC1. The number of benzene rings is 1. The van der Waals surface area contributed by atoms with Crippen LogP contribution in [0.4, 0.5) is 0 Å². The van der Waals surface area contributed by atoms with Crippen molar-refractivity contribution < 1.29 is 0 Å². The zero-order chi connectivity index (χ0) is 25.1. The molecule has 2 aromatic heterocycles. The maximum atomic E-state index is 13.2. The second-order valence-electron chi connectivity index (χ2n) is 10.0. The van der Waals surface area contributed by atoms with Crippen LogP contribution >= 0.6 is 0 Å². The summed E-state index contributed by atoms with van der Waals surface area (Å²) in [5.41, 5.74) is 13.8. The minimum atomic E-state index is -0.336. The van der Waals surface area contributed by atoms with E-state index in [0.717, 1.165) is 30.9 Å². The molecule has 3 aromatic rings. The number of hydrazone groups is 1. The van der Waals surface area contributed by atoms with E-state index < -0.39 is 0 Å². The lowest BCUT2D eigenvalue weighted by Crippen LogP contribution is -2.30. The summed E-state index contributed by atoms with van der Waals surface area (Å²) in [5, 5.41) is 8.58. The lowest BCUT2D eigenvalue weighted by molar-refractivity contribution is 0.445. The number of H-pyrrole nitrogens is 1.